The van der Waals surface area contributed by atoms with Crippen LogP contribution in [0.2, 0.25) is 0 Å². The Morgan fingerprint density at radius 1 is 1.35 bits per heavy atom. The highest BCUT2D eigenvalue weighted by Crippen LogP contribution is 2.10. The second-order valence-corrected chi connectivity index (χ2v) is 4.15. The van der Waals surface area contributed by atoms with Gasteiger partial charge in [-0.3, -0.25) is 4.79 Å². The Morgan fingerprint density at radius 2 is 2.00 bits per heavy atom. The number of rotatable bonds is 7. The molecule has 0 aliphatic rings. The molecule has 1 aromatic carbocycles. The average Bonchev–Trinajstić information content (AvgIpc) is 2.29. The molecule has 94 valence electrons. The Morgan fingerprint density at radius 3 is 2.53 bits per heavy atom. The first kappa shape index (κ1) is 13.7. The number of carboxylic acids is 1. The molecule has 0 spiro atoms. The first-order valence-corrected chi connectivity index (χ1v) is 5.70. The number of hydrogen-bond acceptors (Lipinski definition) is 3. The van der Waals surface area contributed by atoms with Gasteiger partial charge in [-0.25, -0.2) is 0 Å². The van der Waals surface area contributed by atoms with Gasteiger partial charge in [-0.1, -0.05) is 30.3 Å². The molecule has 0 fully saturated rings. The van der Waals surface area contributed by atoms with Gasteiger partial charge >= 0.3 is 5.97 Å². The van der Waals surface area contributed by atoms with E-state index in [2.05, 4.69) is 0 Å². The minimum atomic E-state index is -0.810. The van der Waals surface area contributed by atoms with Crippen LogP contribution in [0.25, 0.3) is 0 Å². The lowest BCUT2D eigenvalue weighted by Gasteiger charge is -2.26. The summed E-state index contributed by atoms with van der Waals surface area (Å²) >= 11 is 0. The molecule has 0 saturated carbocycles. The molecule has 0 amide bonds. The van der Waals surface area contributed by atoms with Gasteiger partial charge in [-0.05, 0) is 19.0 Å². The molecule has 0 aromatic heterocycles. The number of benzene rings is 1. The third kappa shape index (κ3) is 4.97. The number of aliphatic hydroxyl groups excluding tert-OH is 1. The van der Waals surface area contributed by atoms with Crippen LogP contribution in [0.15, 0.2) is 30.3 Å². The van der Waals surface area contributed by atoms with Crippen LogP contribution in [0.4, 0.5) is 0 Å². The van der Waals surface area contributed by atoms with Crippen molar-refractivity contribution in [3.63, 3.8) is 0 Å². The summed E-state index contributed by atoms with van der Waals surface area (Å²) in [7, 11) is 1.84. The van der Waals surface area contributed by atoms with Crippen LogP contribution in [-0.4, -0.2) is 47.3 Å². The molecule has 0 aliphatic carbocycles. The molecule has 4 nitrogen and oxygen atoms in total. The van der Waals surface area contributed by atoms with Crippen molar-refractivity contribution in [1.82, 2.24) is 4.90 Å². The van der Waals surface area contributed by atoms with E-state index in [4.69, 9.17) is 10.2 Å². The summed E-state index contributed by atoms with van der Waals surface area (Å²) in [4.78, 5) is 12.7. The van der Waals surface area contributed by atoms with Crippen molar-refractivity contribution in [1.29, 1.82) is 0 Å². The Bertz CT molecular complexity index is 340. The summed E-state index contributed by atoms with van der Waals surface area (Å²) in [6.07, 6.45) is 0.773. The molecular weight excluding hydrogens is 218 g/mol. The highest BCUT2D eigenvalue weighted by atomic mass is 16.4. The van der Waals surface area contributed by atoms with E-state index in [1.54, 1.807) is 0 Å². The van der Waals surface area contributed by atoms with E-state index < -0.39 is 5.97 Å². The zero-order valence-electron chi connectivity index (χ0n) is 10.0. The van der Waals surface area contributed by atoms with Crippen LogP contribution in [0.3, 0.4) is 0 Å². The predicted molar refractivity (Wildman–Crippen MR) is 65.9 cm³/mol. The molecule has 0 radical (unpaired) electrons. The monoisotopic (exact) mass is 237 g/mol. The molecule has 0 bridgehead atoms. The number of nitrogens with zero attached hydrogens (tertiary/aromatic N) is 1. The maximum atomic E-state index is 10.8. The van der Waals surface area contributed by atoms with Crippen molar-refractivity contribution in [2.24, 2.45) is 0 Å². The van der Waals surface area contributed by atoms with Crippen LogP contribution in [0.1, 0.15) is 12.0 Å². The maximum Gasteiger partial charge on any atom is 0.304 e. The highest BCUT2D eigenvalue weighted by Gasteiger charge is 2.18. The number of aliphatic carboxylic acids is 1. The van der Waals surface area contributed by atoms with Crippen molar-refractivity contribution in [2.45, 2.75) is 18.9 Å². The predicted octanol–water partition coefficient (Wildman–Crippen LogP) is 0.996. The Hall–Kier alpha value is -1.39. The zero-order valence-corrected chi connectivity index (χ0v) is 10.0. The summed E-state index contributed by atoms with van der Waals surface area (Å²) in [6.45, 7) is 0.534. The number of carbonyl (C=O) groups is 1. The molecule has 0 heterocycles. The molecule has 1 aromatic rings. The Kier molecular flexibility index (Phi) is 5.66. The first-order valence-electron chi connectivity index (χ1n) is 5.70. The Labute approximate surface area is 101 Å². The number of carboxylic acid groups (broad SMARTS) is 1. The van der Waals surface area contributed by atoms with Crippen LogP contribution in [0.5, 0.6) is 0 Å². The second kappa shape index (κ2) is 7.04. The molecule has 4 heteroatoms. The SMILES string of the molecule is CN(CCO)C(CC(=O)O)Cc1ccccc1. The molecule has 17 heavy (non-hydrogen) atoms. The number of aliphatic hydroxyl groups is 1. The topological polar surface area (TPSA) is 60.8 Å². The van der Waals surface area contributed by atoms with Crippen LogP contribution >= 0.6 is 0 Å². The Balaban J connectivity index is 2.66. The van der Waals surface area contributed by atoms with Gasteiger partial charge in [0, 0.05) is 12.6 Å². The fourth-order valence-corrected chi connectivity index (χ4v) is 1.81. The normalized spacial score (nSPS) is 12.6. The molecule has 1 rings (SSSR count). The maximum absolute atomic E-state index is 10.8. The number of likely N-dealkylation sites (N-methyl/N-ethyl adjacent to an activating group) is 1. The van der Waals surface area contributed by atoms with Crippen molar-refractivity contribution in [3.05, 3.63) is 35.9 Å². The lowest BCUT2D eigenvalue weighted by atomic mass is 10.0. The standard InChI is InChI=1S/C13H19NO3/c1-14(7-8-15)12(10-13(16)17)9-11-5-3-2-4-6-11/h2-6,12,15H,7-10H2,1H3,(H,16,17). The van der Waals surface area contributed by atoms with Crippen molar-refractivity contribution < 1.29 is 15.0 Å². The molecule has 1 unspecified atom stereocenters. The van der Waals surface area contributed by atoms with Crippen molar-refractivity contribution >= 4 is 5.97 Å². The number of hydrogen-bond donors (Lipinski definition) is 2. The summed E-state index contributed by atoms with van der Waals surface area (Å²) in [6, 6.07) is 9.72. The minimum absolute atomic E-state index is 0.0431. The molecule has 0 aliphatic heterocycles. The smallest absolute Gasteiger partial charge is 0.304 e. The van der Waals surface area contributed by atoms with Crippen molar-refractivity contribution in [2.75, 3.05) is 20.2 Å². The van der Waals surface area contributed by atoms with Gasteiger partial charge in [0.05, 0.1) is 13.0 Å². The lowest BCUT2D eigenvalue weighted by molar-refractivity contribution is -0.138. The summed E-state index contributed by atoms with van der Waals surface area (Å²) < 4.78 is 0. The van der Waals surface area contributed by atoms with Crippen LogP contribution in [0, 0.1) is 0 Å². The largest absolute Gasteiger partial charge is 0.481 e. The van der Waals surface area contributed by atoms with Crippen LogP contribution in [-0.2, 0) is 11.2 Å². The second-order valence-electron chi connectivity index (χ2n) is 4.15. The van der Waals surface area contributed by atoms with Gasteiger partial charge in [-0.2, -0.15) is 0 Å². The average molecular weight is 237 g/mol. The van der Waals surface area contributed by atoms with Gasteiger partial charge in [0.15, 0.2) is 0 Å². The molecule has 2 N–H and O–H groups in total. The molecule has 0 saturated heterocycles. The van der Waals surface area contributed by atoms with E-state index in [1.165, 1.54) is 0 Å². The van der Waals surface area contributed by atoms with Gasteiger partial charge < -0.3 is 15.1 Å². The van der Waals surface area contributed by atoms with Gasteiger partial charge in [0.2, 0.25) is 0 Å². The summed E-state index contributed by atoms with van der Waals surface area (Å²) in [5.41, 5.74) is 1.11. The van der Waals surface area contributed by atoms with E-state index >= 15 is 0 Å². The van der Waals surface area contributed by atoms with E-state index in [0.29, 0.717) is 13.0 Å². The first-order chi connectivity index (χ1) is 8.13. The fraction of sp³-hybridized carbons (Fsp3) is 0.462. The van der Waals surface area contributed by atoms with E-state index in [0.717, 1.165) is 5.56 Å². The van der Waals surface area contributed by atoms with E-state index in [1.807, 2.05) is 42.3 Å². The molecular formula is C13H19NO3. The quantitative estimate of drug-likeness (QED) is 0.742. The minimum Gasteiger partial charge on any atom is -0.481 e. The summed E-state index contributed by atoms with van der Waals surface area (Å²) in [5, 5.41) is 17.8. The van der Waals surface area contributed by atoms with E-state index in [9.17, 15) is 4.79 Å². The van der Waals surface area contributed by atoms with E-state index in [-0.39, 0.29) is 19.1 Å². The summed E-state index contributed by atoms with van der Waals surface area (Å²) in [5.74, 6) is -0.810. The van der Waals surface area contributed by atoms with Gasteiger partial charge in [0.25, 0.3) is 0 Å². The highest BCUT2D eigenvalue weighted by molar-refractivity contribution is 5.67. The fourth-order valence-electron chi connectivity index (χ4n) is 1.81. The van der Waals surface area contributed by atoms with Crippen molar-refractivity contribution in [3.8, 4) is 0 Å². The molecule has 1 atom stereocenters. The lowest BCUT2D eigenvalue weighted by Crippen LogP contribution is -2.37. The zero-order chi connectivity index (χ0) is 12.7. The third-order valence-electron chi connectivity index (χ3n) is 2.80. The van der Waals surface area contributed by atoms with Gasteiger partial charge in [-0.15, -0.1) is 0 Å². The van der Waals surface area contributed by atoms with Crippen LogP contribution < -0.4 is 0 Å². The third-order valence-corrected chi connectivity index (χ3v) is 2.80. The van der Waals surface area contributed by atoms with Gasteiger partial charge in [0.1, 0.15) is 0 Å².